The van der Waals surface area contributed by atoms with Gasteiger partial charge in [0.2, 0.25) is 0 Å². The molecule has 0 fully saturated rings. The fraction of sp³-hybridized carbons (Fsp3) is 0.263. The van der Waals surface area contributed by atoms with Crippen LogP contribution in [-0.2, 0) is 11.2 Å². The third-order valence-electron chi connectivity index (χ3n) is 4.45. The second kappa shape index (κ2) is 6.24. The Hall–Kier alpha value is -2.62. The van der Waals surface area contributed by atoms with Crippen LogP contribution in [0.3, 0.4) is 0 Å². The Morgan fingerprint density at radius 3 is 2.57 bits per heavy atom. The van der Waals surface area contributed by atoms with Crippen LogP contribution in [0.25, 0.3) is 11.1 Å². The van der Waals surface area contributed by atoms with Gasteiger partial charge in [-0.25, -0.2) is 4.79 Å². The smallest absolute Gasteiger partial charge is 0.335 e. The molecule has 1 unspecified atom stereocenters. The summed E-state index contributed by atoms with van der Waals surface area (Å²) in [7, 11) is 0. The molecule has 0 bridgehead atoms. The van der Waals surface area contributed by atoms with Gasteiger partial charge in [-0.3, -0.25) is 4.79 Å². The molecule has 1 aliphatic rings. The largest absolute Gasteiger partial charge is 0.481 e. The molecule has 0 spiro atoms. The molecule has 0 amide bonds. The summed E-state index contributed by atoms with van der Waals surface area (Å²) in [5, 5.41) is 18.2. The number of aryl methyl sites for hydroxylation is 1. The van der Waals surface area contributed by atoms with Crippen molar-refractivity contribution in [3.8, 4) is 11.1 Å². The van der Waals surface area contributed by atoms with Gasteiger partial charge in [0, 0.05) is 0 Å². The predicted molar refractivity (Wildman–Crippen MR) is 86.8 cm³/mol. The zero-order valence-corrected chi connectivity index (χ0v) is 12.7. The molecule has 0 saturated heterocycles. The molecule has 2 N–H and O–H groups in total. The summed E-state index contributed by atoms with van der Waals surface area (Å²) in [4.78, 5) is 22.2. The van der Waals surface area contributed by atoms with E-state index in [1.54, 1.807) is 18.2 Å². The Bertz CT molecular complexity index is 764. The minimum Gasteiger partial charge on any atom is -0.481 e. The zero-order valence-electron chi connectivity index (χ0n) is 12.7. The van der Waals surface area contributed by atoms with Crippen molar-refractivity contribution < 1.29 is 19.8 Å². The van der Waals surface area contributed by atoms with Crippen LogP contribution in [0.2, 0.25) is 0 Å². The van der Waals surface area contributed by atoms with E-state index in [2.05, 4.69) is 0 Å². The topological polar surface area (TPSA) is 74.6 Å². The highest BCUT2D eigenvalue weighted by atomic mass is 16.4. The van der Waals surface area contributed by atoms with E-state index in [1.165, 1.54) is 5.56 Å². The molecular formula is C19H18O4. The lowest BCUT2D eigenvalue weighted by molar-refractivity contribution is -0.137. The molecule has 1 aliphatic carbocycles. The number of carbonyl (C=O) groups is 2. The van der Waals surface area contributed by atoms with Crippen molar-refractivity contribution in [2.75, 3.05) is 0 Å². The van der Waals surface area contributed by atoms with Crippen molar-refractivity contribution in [2.45, 2.75) is 31.6 Å². The SMILES string of the molecule is O=C(O)CC1CCCc2ccc(-c3cccc(C(=O)O)c3)cc21. The minimum absolute atomic E-state index is 0.0406. The maximum Gasteiger partial charge on any atom is 0.335 e. The Labute approximate surface area is 134 Å². The molecule has 4 nitrogen and oxygen atoms in total. The molecule has 0 saturated carbocycles. The van der Waals surface area contributed by atoms with Gasteiger partial charge in [0.1, 0.15) is 0 Å². The van der Waals surface area contributed by atoms with Crippen molar-refractivity contribution in [2.24, 2.45) is 0 Å². The predicted octanol–water partition coefficient (Wildman–Crippen LogP) is 3.95. The minimum atomic E-state index is -0.950. The highest BCUT2D eigenvalue weighted by Gasteiger charge is 2.23. The summed E-state index contributed by atoms with van der Waals surface area (Å²) >= 11 is 0. The standard InChI is InChI=1S/C19H18O4/c20-18(21)11-15-5-1-3-12-7-8-14(10-17(12)15)13-4-2-6-16(9-13)19(22)23/h2,4,6-10,15H,1,3,5,11H2,(H,20,21)(H,22,23). The second-order valence-corrected chi connectivity index (χ2v) is 5.99. The molecule has 1 atom stereocenters. The first-order valence-electron chi connectivity index (χ1n) is 7.73. The molecule has 0 aromatic heterocycles. The highest BCUT2D eigenvalue weighted by molar-refractivity contribution is 5.89. The lowest BCUT2D eigenvalue weighted by Crippen LogP contribution is -2.13. The van der Waals surface area contributed by atoms with Crippen LogP contribution in [0.1, 0.15) is 46.7 Å². The van der Waals surface area contributed by atoms with Gasteiger partial charge in [-0.1, -0.05) is 30.3 Å². The van der Waals surface area contributed by atoms with E-state index in [0.29, 0.717) is 0 Å². The van der Waals surface area contributed by atoms with Crippen LogP contribution in [0.5, 0.6) is 0 Å². The van der Waals surface area contributed by atoms with Gasteiger partial charge in [0.25, 0.3) is 0 Å². The summed E-state index contributed by atoms with van der Waals surface area (Å²) in [6, 6.07) is 12.9. The normalized spacial score (nSPS) is 16.6. The number of aromatic carboxylic acids is 1. The first-order chi connectivity index (χ1) is 11.0. The summed E-state index contributed by atoms with van der Waals surface area (Å²) in [6.45, 7) is 0. The molecule has 4 heteroatoms. The molecule has 118 valence electrons. The van der Waals surface area contributed by atoms with Gasteiger partial charge in [-0.05, 0) is 59.6 Å². The maximum absolute atomic E-state index is 11.1. The summed E-state index contributed by atoms with van der Waals surface area (Å²) in [5.74, 6) is -1.69. The van der Waals surface area contributed by atoms with Gasteiger partial charge < -0.3 is 10.2 Å². The molecule has 0 heterocycles. The lowest BCUT2D eigenvalue weighted by Gasteiger charge is -2.25. The van der Waals surface area contributed by atoms with E-state index >= 15 is 0 Å². The fourth-order valence-electron chi connectivity index (χ4n) is 3.33. The first kappa shape index (κ1) is 15.3. The van der Waals surface area contributed by atoms with E-state index < -0.39 is 11.9 Å². The number of benzene rings is 2. The molecule has 0 radical (unpaired) electrons. The first-order valence-corrected chi connectivity index (χ1v) is 7.73. The summed E-state index contributed by atoms with van der Waals surface area (Å²) < 4.78 is 0. The second-order valence-electron chi connectivity index (χ2n) is 5.99. The summed E-state index contributed by atoms with van der Waals surface area (Å²) in [6.07, 6.45) is 3.02. The Morgan fingerprint density at radius 1 is 1.04 bits per heavy atom. The number of carboxylic acids is 2. The van der Waals surface area contributed by atoms with Crippen molar-refractivity contribution in [3.63, 3.8) is 0 Å². The molecule has 0 aliphatic heterocycles. The quantitative estimate of drug-likeness (QED) is 0.896. The lowest BCUT2D eigenvalue weighted by atomic mass is 9.80. The van der Waals surface area contributed by atoms with Crippen LogP contribution < -0.4 is 0 Å². The van der Waals surface area contributed by atoms with Gasteiger partial charge in [-0.2, -0.15) is 0 Å². The van der Waals surface area contributed by atoms with Crippen LogP contribution >= 0.6 is 0 Å². The Kier molecular flexibility index (Phi) is 4.15. The molecule has 3 rings (SSSR count). The van der Waals surface area contributed by atoms with Crippen molar-refractivity contribution in [1.82, 2.24) is 0 Å². The molecule has 2 aromatic rings. The van der Waals surface area contributed by atoms with Crippen LogP contribution in [0, 0.1) is 0 Å². The van der Waals surface area contributed by atoms with E-state index in [9.17, 15) is 9.59 Å². The molecule has 23 heavy (non-hydrogen) atoms. The fourth-order valence-corrected chi connectivity index (χ4v) is 3.33. The number of hydrogen-bond donors (Lipinski definition) is 2. The van der Waals surface area contributed by atoms with Crippen molar-refractivity contribution in [1.29, 1.82) is 0 Å². The van der Waals surface area contributed by atoms with Gasteiger partial charge >= 0.3 is 11.9 Å². The number of carboxylic acid groups (broad SMARTS) is 2. The average molecular weight is 310 g/mol. The number of rotatable bonds is 4. The van der Waals surface area contributed by atoms with Gasteiger partial charge in [0.05, 0.1) is 12.0 Å². The Morgan fingerprint density at radius 2 is 1.83 bits per heavy atom. The van der Waals surface area contributed by atoms with E-state index in [4.69, 9.17) is 10.2 Å². The Balaban J connectivity index is 2.01. The zero-order chi connectivity index (χ0) is 16.4. The molecular weight excluding hydrogens is 292 g/mol. The summed E-state index contributed by atoms with van der Waals surface area (Å²) in [5.41, 5.74) is 4.33. The van der Waals surface area contributed by atoms with E-state index in [1.807, 2.05) is 24.3 Å². The van der Waals surface area contributed by atoms with Crippen LogP contribution in [0.15, 0.2) is 42.5 Å². The monoisotopic (exact) mass is 310 g/mol. The number of fused-ring (bicyclic) bond motifs is 1. The van der Waals surface area contributed by atoms with Crippen LogP contribution in [0.4, 0.5) is 0 Å². The highest BCUT2D eigenvalue weighted by Crippen LogP contribution is 2.36. The van der Waals surface area contributed by atoms with Gasteiger partial charge in [-0.15, -0.1) is 0 Å². The maximum atomic E-state index is 11.1. The number of aliphatic carboxylic acids is 1. The number of hydrogen-bond acceptors (Lipinski definition) is 2. The van der Waals surface area contributed by atoms with Crippen LogP contribution in [-0.4, -0.2) is 22.2 Å². The third kappa shape index (κ3) is 3.26. The van der Waals surface area contributed by atoms with Gasteiger partial charge in [0.15, 0.2) is 0 Å². The van der Waals surface area contributed by atoms with E-state index in [0.717, 1.165) is 36.0 Å². The van der Waals surface area contributed by atoms with Crippen molar-refractivity contribution in [3.05, 3.63) is 59.2 Å². The molecule has 2 aromatic carbocycles. The average Bonchev–Trinajstić information content (AvgIpc) is 2.54. The van der Waals surface area contributed by atoms with Crippen molar-refractivity contribution >= 4 is 11.9 Å². The van der Waals surface area contributed by atoms with E-state index in [-0.39, 0.29) is 17.9 Å². The third-order valence-corrected chi connectivity index (χ3v) is 4.45.